The molecule has 0 aliphatic rings. The summed E-state index contributed by atoms with van der Waals surface area (Å²) in [5, 5.41) is 15.4. The SMILES string of the molecule is Cn1ncc(C#N)c1NC(=O)c1ccc(Cl)s1. The summed E-state index contributed by atoms with van der Waals surface area (Å²) in [4.78, 5) is 12.3. The minimum absolute atomic E-state index is 0.304. The van der Waals surface area contributed by atoms with Crippen molar-refractivity contribution in [1.29, 1.82) is 5.26 Å². The molecular weight excluding hydrogens is 260 g/mol. The van der Waals surface area contributed by atoms with E-state index in [-0.39, 0.29) is 5.91 Å². The Morgan fingerprint density at radius 2 is 2.41 bits per heavy atom. The van der Waals surface area contributed by atoms with Gasteiger partial charge in [0, 0.05) is 7.05 Å². The lowest BCUT2D eigenvalue weighted by molar-refractivity contribution is 0.102. The zero-order valence-corrected chi connectivity index (χ0v) is 10.3. The number of thiophene rings is 1. The number of carbonyl (C=O) groups excluding carboxylic acids is 1. The van der Waals surface area contributed by atoms with Crippen molar-refractivity contribution >= 4 is 34.7 Å². The number of aryl methyl sites for hydroxylation is 1. The van der Waals surface area contributed by atoms with Crippen LogP contribution in [0.2, 0.25) is 4.34 Å². The van der Waals surface area contributed by atoms with Gasteiger partial charge >= 0.3 is 0 Å². The molecule has 86 valence electrons. The predicted molar refractivity (Wildman–Crippen MR) is 65.2 cm³/mol. The van der Waals surface area contributed by atoms with Crippen LogP contribution in [0.1, 0.15) is 15.2 Å². The molecule has 7 heteroatoms. The number of anilines is 1. The standard InChI is InChI=1S/C10H7ClN4OS/c1-15-9(6(4-12)5-13-15)14-10(16)7-2-3-8(11)17-7/h2-3,5H,1H3,(H,14,16). The van der Waals surface area contributed by atoms with Gasteiger partial charge in [0.05, 0.1) is 15.4 Å². The highest BCUT2D eigenvalue weighted by Gasteiger charge is 2.14. The number of nitrogens with zero attached hydrogens (tertiary/aromatic N) is 3. The molecule has 0 bridgehead atoms. The first kappa shape index (κ1) is 11.6. The van der Waals surface area contributed by atoms with E-state index in [1.165, 1.54) is 22.2 Å². The average molecular weight is 267 g/mol. The lowest BCUT2D eigenvalue weighted by atomic mass is 10.3. The van der Waals surface area contributed by atoms with Crippen LogP contribution in [0.15, 0.2) is 18.3 Å². The third kappa shape index (κ3) is 2.30. The lowest BCUT2D eigenvalue weighted by Crippen LogP contribution is -2.14. The number of carbonyl (C=O) groups is 1. The molecule has 0 spiro atoms. The molecule has 0 aliphatic heterocycles. The van der Waals surface area contributed by atoms with Gasteiger partial charge in [-0.05, 0) is 12.1 Å². The smallest absolute Gasteiger partial charge is 0.266 e. The largest absolute Gasteiger partial charge is 0.305 e. The molecule has 0 unspecified atom stereocenters. The van der Waals surface area contributed by atoms with Crippen LogP contribution in [0, 0.1) is 11.3 Å². The van der Waals surface area contributed by atoms with Crippen LogP contribution in [0.5, 0.6) is 0 Å². The van der Waals surface area contributed by atoms with E-state index >= 15 is 0 Å². The normalized spacial score (nSPS) is 9.94. The van der Waals surface area contributed by atoms with Gasteiger partial charge in [0.15, 0.2) is 0 Å². The van der Waals surface area contributed by atoms with Crippen molar-refractivity contribution in [3.05, 3.63) is 33.1 Å². The van der Waals surface area contributed by atoms with E-state index in [2.05, 4.69) is 10.4 Å². The number of amides is 1. The van der Waals surface area contributed by atoms with Crippen molar-refractivity contribution < 1.29 is 4.79 Å². The molecule has 0 aliphatic carbocycles. The van der Waals surface area contributed by atoms with Crippen molar-refractivity contribution in [2.45, 2.75) is 0 Å². The Kier molecular flexibility index (Phi) is 3.13. The first-order valence-corrected chi connectivity index (χ1v) is 5.80. The van der Waals surface area contributed by atoms with Crippen LogP contribution < -0.4 is 5.32 Å². The number of hydrogen-bond acceptors (Lipinski definition) is 4. The predicted octanol–water partition coefficient (Wildman–Crippen LogP) is 2.26. The number of aromatic nitrogens is 2. The van der Waals surface area contributed by atoms with Gasteiger partial charge in [-0.3, -0.25) is 9.48 Å². The molecule has 2 rings (SSSR count). The molecule has 0 saturated carbocycles. The highest BCUT2D eigenvalue weighted by Crippen LogP contribution is 2.23. The third-order valence-electron chi connectivity index (χ3n) is 2.09. The zero-order chi connectivity index (χ0) is 12.4. The fourth-order valence-corrected chi connectivity index (χ4v) is 2.21. The lowest BCUT2D eigenvalue weighted by Gasteiger charge is -2.03. The summed E-state index contributed by atoms with van der Waals surface area (Å²) < 4.78 is 1.98. The van der Waals surface area contributed by atoms with E-state index in [0.717, 1.165) is 0 Å². The Morgan fingerprint density at radius 1 is 1.65 bits per heavy atom. The van der Waals surface area contributed by atoms with Crippen LogP contribution in [-0.4, -0.2) is 15.7 Å². The summed E-state index contributed by atoms with van der Waals surface area (Å²) in [5.74, 6) is 0.0732. The average Bonchev–Trinajstić information content (AvgIpc) is 2.87. The molecule has 0 aromatic carbocycles. The molecule has 2 aromatic rings. The Bertz CT molecular complexity index is 610. The molecule has 0 atom stereocenters. The fraction of sp³-hybridized carbons (Fsp3) is 0.100. The number of nitrogens with one attached hydrogen (secondary N) is 1. The van der Waals surface area contributed by atoms with Crippen molar-refractivity contribution in [2.75, 3.05) is 5.32 Å². The monoisotopic (exact) mass is 266 g/mol. The van der Waals surface area contributed by atoms with Crippen LogP contribution in [0.25, 0.3) is 0 Å². The maximum absolute atomic E-state index is 11.8. The number of hydrogen-bond donors (Lipinski definition) is 1. The van der Waals surface area contributed by atoms with Gasteiger partial charge in [0.2, 0.25) is 0 Å². The quantitative estimate of drug-likeness (QED) is 0.906. The molecule has 1 N–H and O–H groups in total. The second-order valence-corrected chi connectivity index (χ2v) is 4.92. The van der Waals surface area contributed by atoms with Gasteiger partial charge in [0.25, 0.3) is 5.91 Å². The van der Waals surface area contributed by atoms with Crippen molar-refractivity contribution in [3.8, 4) is 6.07 Å². The van der Waals surface area contributed by atoms with E-state index in [9.17, 15) is 4.79 Å². The van der Waals surface area contributed by atoms with Crippen molar-refractivity contribution in [2.24, 2.45) is 7.05 Å². The van der Waals surface area contributed by atoms with Crippen molar-refractivity contribution in [1.82, 2.24) is 9.78 Å². The molecule has 0 saturated heterocycles. The second-order valence-electron chi connectivity index (χ2n) is 3.20. The number of nitriles is 1. The zero-order valence-electron chi connectivity index (χ0n) is 8.77. The summed E-state index contributed by atoms with van der Waals surface area (Å²) in [6, 6.07) is 5.24. The van der Waals surface area contributed by atoms with Gasteiger partial charge in [-0.25, -0.2) is 0 Å². The van der Waals surface area contributed by atoms with Crippen molar-refractivity contribution in [3.63, 3.8) is 0 Å². The molecule has 2 aromatic heterocycles. The Balaban J connectivity index is 2.24. The van der Waals surface area contributed by atoms with Gasteiger partial charge in [-0.1, -0.05) is 11.6 Å². The first-order chi connectivity index (χ1) is 8.11. The van der Waals surface area contributed by atoms with E-state index in [0.29, 0.717) is 20.6 Å². The van der Waals surface area contributed by atoms with E-state index < -0.39 is 0 Å². The van der Waals surface area contributed by atoms with Gasteiger partial charge in [-0.2, -0.15) is 10.4 Å². The molecular formula is C10H7ClN4OS. The summed E-state index contributed by atoms with van der Waals surface area (Å²) in [6.07, 6.45) is 1.40. The molecule has 17 heavy (non-hydrogen) atoms. The highest BCUT2D eigenvalue weighted by molar-refractivity contribution is 7.18. The fourth-order valence-electron chi connectivity index (χ4n) is 1.27. The Morgan fingerprint density at radius 3 is 3.00 bits per heavy atom. The van der Waals surface area contributed by atoms with Crippen LogP contribution >= 0.6 is 22.9 Å². The Labute approximate surface area is 106 Å². The first-order valence-electron chi connectivity index (χ1n) is 4.60. The molecule has 1 amide bonds. The third-order valence-corrected chi connectivity index (χ3v) is 3.32. The van der Waals surface area contributed by atoms with Gasteiger partial charge in [-0.15, -0.1) is 11.3 Å². The molecule has 5 nitrogen and oxygen atoms in total. The summed E-state index contributed by atoms with van der Waals surface area (Å²) in [7, 11) is 1.65. The number of rotatable bonds is 2. The summed E-state index contributed by atoms with van der Waals surface area (Å²) >= 11 is 6.92. The molecule has 0 radical (unpaired) electrons. The van der Waals surface area contributed by atoms with Gasteiger partial charge < -0.3 is 5.32 Å². The van der Waals surface area contributed by atoms with Gasteiger partial charge in [0.1, 0.15) is 17.5 Å². The second kappa shape index (κ2) is 4.57. The Hall–Kier alpha value is -1.84. The van der Waals surface area contributed by atoms with Crippen LogP contribution in [-0.2, 0) is 7.05 Å². The minimum Gasteiger partial charge on any atom is -0.305 e. The maximum Gasteiger partial charge on any atom is 0.266 e. The van der Waals surface area contributed by atoms with E-state index in [1.54, 1.807) is 19.2 Å². The van der Waals surface area contributed by atoms with Crippen LogP contribution in [0.3, 0.4) is 0 Å². The topological polar surface area (TPSA) is 70.7 Å². The highest BCUT2D eigenvalue weighted by atomic mass is 35.5. The minimum atomic E-state index is -0.304. The van der Waals surface area contributed by atoms with E-state index in [4.69, 9.17) is 16.9 Å². The molecule has 0 fully saturated rings. The number of halogens is 1. The van der Waals surface area contributed by atoms with E-state index in [1.807, 2.05) is 6.07 Å². The summed E-state index contributed by atoms with van der Waals surface area (Å²) in [6.45, 7) is 0. The van der Waals surface area contributed by atoms with Crippen LogP contribution in [0.4, 0.5) is 5.82 Å². The maximum atomic E-state index is 11.8. The molecule has 2 heterocycles. The summed E-state index contributed by atoms with van der Waals surface area (Å²) in [5.41, 5.74) is 0.323.